The molecule has 0 fully saturated rings. The Bertz CT molecular complexity index is 401. The topological polar surface area (TPSA) is 49.3 Å². The van der Waals surface area contributed by atoms with Crippen molar-refractivity contribution < 1.29 is 23.1 Å². The summed E-state index contributed by atoms with van der Waals surface area (Å²) in [6.07, 6.45) is -4.22. The zero-order chi connectivity index (χ0) is 13.8. The van der Waals surface area contributed by atoms with E-state index in [0.717, 1.165) is 0 Å². The Labute approximate surface area is 103 Å². The smallest absolute Gasteiger partial charge is 0.401 e. The number of carboxylic acid groups (broad SMARTS) is 1. The number of rotatable bonds is 5. The number of halogens is 3. The molecule has 0 spiro atoms. The first-order chi connectivity index (χ1) is 8.29. The predicted octanol–water partition coefficient (Wildman–Crippen LogP) is 2.53. The lowest BCUT2D eigenvalue weighted by Crippen LogP contribution is -2.28. The van der Waals surface area contributed by atoms with Crippen LogP contribution in [0.15, 0.2) is 24.3 Å². The minimum absolute atomic E-state index is 0.0985. The SMILES string of the molecule is CC(C(=O)O)c1ccc(CNCC(F)(F)F)cc1. The predicted molar refractivity (Wildman–Crippen MR) is 60.3 cm³/mol. The van der Waals surface area contributed by atoms with Crippen LogP contribution in [0.2, 0.25) is 0 Å². The number of hydrogen-bond donors (Lipinski definition) is 2. The van der Waals surface area contributed by atoms with Gasteiger partial charge >= 0.3 is 12.1 Å². The van der Waals surface area contributed by atoms with E-state index in [4.69, 9.17) is 5.11 Å². The fourth-order valence-electron chi connectivity index (χ4n) is 1.42. The third-order valence-corrected chi connectivity index (χ3v) is 2.50. The Kier molecular flexibility index (Phi) is 4.72. The van der Waals surface area contributed by atoms with Crippen molar-refractivity contribution in [2.24, 2.45) is 0 Å². The Balaban J connectivity index is 2.53. The number of aliphatic carboxylic acids is 1. The van der Waals surface area contributed by atoms with E-state index in [1.165, 1.54) is 0 Å². The van der Waals surface area contributed by atoms with Crippen LogP contribution in [0, 0.1) is 0 Å². The van der Waals surface area contributed by atoms with Gasteiger partial charge in [0.1, 0.15) is 0 Å². The second kappa shape index (κ2) is 5.86. The van der Waals surface area contributed by atoms with E-state index in [1.807, 2.05) is 0 Å². The van der Waals surface area contributed by atoms with Crippen molar-refractivity contribution in [2.45, 2.75) is 25.6 Å². The van der Waals surface area contributed by atoms with E-state index in [9.17, 15) is 18.0 Å². The molecule has 0 bridgehead atoms. The van der Waals surface area contributed by atoms with Gasteiger partial charge in [0.2, 0.25) is 0 Å². The third kappa shape index (κ3) is 4.75. The molecule has 6 heteroatoms. The highest BCUT2D eigenvalue weighted by Gasteiger charge is 2.26. The van der Waals surface area contributed by atoms with E-state index in [1.54, 1.807) is 31.2 Å². The van der Waals surface area contributed by atoms with Gasteiger partial charge < -0.3 is 10.4 Å². The maximum Gasteiger partial charge on any atom is 0.401 e. The third-order valence-electron chi connectivity index (χ3n) is 2.50. The molecule has 0 heterocycles. The zero-order valence-corrected chi connectivity index (χ0v) is 9.79. The van der Waals surface area contributed by atoms with Crippen molar-refractivity contribution >= 4 is 5.97 Å². The summed E-state index contributed by atoms with van der Waals surface area (Å²) >= 11 is 0. The molecule has 100 valence electrons. The minimum atomic E-state index is -4.22. The van der Waals surface area contributed by atoms with Gasteiger partial charge in [-0.3, -0.25) is 4.79 Å². The molecule has 1 aromatic carbocycles. The van der Waals surface area contributed by atoms with Crippen LogP contribution >= 0.6 is 0 Å². The monoisotopic (exact) mass is 261 g/mol. The van der Waals surface area contributed by atoms with Crippen LogP contribution in [0.4, 0.5) is 13.2 Å². The Hall–Kier alpha value is -1.56. The molecule has 0 saturated heterocycles. The van der Waals surface area contributed by atoms with Gasteiger partial charge in [-0.1, -0.05) is 24.3 Å². The van der Waals surface area contributed by atoms with Gasteiger partial charge in [0.25, 0.3) is 0 Å². The van der Waals surface area contributed by atoms with E-state index in [-0.39, 0.29) is 6.54 Å². The molecule has 0 aliphatic heterocycles. The molecule has 18 heavy (non-hydrogen) atoms. The molecule has 1 atom stereocenters. The molecule has 1 aromatic rings. The van der Waals surface area contributed by atoms with Crippen LogP contribution < -0.4 is 5.32 Å². The highest BCUT2D eigenvalue weighted by Crippen LogP contribution is 2.16. The summed E-state index contributed by atoms with van der Waals surface area (Å²) in [5.74, 6) is -1.56. The molecule has 0 aromatic heterocycles. The van der Waals surface area contributed by atoms with Gasteiger partial charge in [0.05, 0.1) is 12.5 Å². The summed E-state index contributed by atoms with van der Waals surface area (Å²) in [6.45, 7) is 0.612. The number of nitrogens with one attached hydrogen (secondary N) is 1. The standard InChI is InChI=1S/C12H14F3NO2/c1-8(11(17)18)10-4-2-9(3-5-10)6-16-7-12(13,14)15/h2-5,8,16H,6-7H2,1H3,(H,17,18). The van der Waals surface area contributed by atoms with Gasteiger partial charge in [0.15, 0.2) is 0 Å². The number of carboxylic acids is 1. The highest BCUT2D eigenvalue weighted by atomic mass is 19.4. The molecule has 0 radical (unpaired) electrons. The van der Waals surface area contributed by atoms with Crippen molar-refractivity contribution in [2.75, 3.05) is 6.54 Å². The lowest BCUT2D eigenvalue weighted by atomic mass is 10.0. The van der Waals surface area contributed by atoms with Crippen molar-refractivity contribution in [3.63, 3.8) is 0 Å². The van der Waals surface area contributed by atoms with Gasteiger partial charge in [-0.05, 0) is 18.1 Å². The maximum atomic E-state index is 11.9. The maximum absolute atomic E-state index is 11.9. The Morgan fingerprint density at radius 3 is 2.33 bits per heavy atom. The first-order valence-corrected chi connectivity index (χ1v) is 5.38. The number of carbonyl (C=O) groups is 1. The molecule has 0 amide bonds. The van der Waals surface area contributed by atoms with Crippen molar-refractivity contribution in [3.8, 4) is 0 Å². The summed E-state index contributed by atoms with van der Waals surface area (Å²) < 4.78 is 35.7. The Morgan fingerprint density at radius 2 is 1.89 bits per heavy atom. The van der Waals surface area contributed by atoms with E-state index >= 15 is 0 Å². The van der Waals surface area contributed by atoms with Crippen LogP contribution in [0.3, 0.4) is 0 Å². The van der Waals surface area contributed by atoms with Crippen LogP contribution in [-0.4, -0.2) is 23.8 Å². The zero-order valence-electron chi connectivity index (χ0n) is 9.79. The first-order valence-electron chi connectivity index (χ1n) is 5.38. The van der Waals surface area contributed by atoms with Gasteiger partial charge in [-0.25, -0.2) is 0 Å². The number of alkyl halides is 3. The molecule has 0 saturated carbocycles. The van der Waals surface area contributed by atoms with Gasteiger partial charge in [-0.2, -0.15) is 13.2 Å². The van der Waals surface area contributed by atoms with Crippen LogP contribution in [-0.2, 0) is 11.3 Å². The van der Waals surface area contributed by atoms with Crippen molar-refractivity contribution in [1.82, 2.24) is 5.32 Å². The summed E-state index contributed by atoms with van der Waals surface area (Å²) in [5.41, 5.74) is 1.31. The van der Waals surface area contributed by atoms with Crippen LogP contribution in [0.1, 0.15) is 24.0 Å². The van der Waals surface area contributed by atoms with E-state index in [2.05, 4.69) is 5.32 Å². The molecule has 3 nitrogen and oxygen atoms in total. The lowest BCUT2D eigenvalue weighted by Gasteiger charge is -2.10. The molecule has 1 unspecified atom stereocenters. The molecule has 0 aliphatic rings. The van der Waals surface area contributed by atoms with Gasteiger partial charge in [0, 0.05) is 6.54 Å². The van der Waals surface area contributed by atoms with Crippen molar-refractivity contribution in [1.29, 1.82) is 0 Å². The second-order valence-corrected chi connectivity index (χ2v) is 4.02. The van der Waals surface area contributed by atoms with Crippen molar-refractivity contribution in [3.05, 3.63) is 35.4 Å². The summed E-state index contributed by atoms with van der Waals surface area (Å²) in [4.78, 5) is 10.7. The lowest BCUT2D eigenvalue weighted by molar-refractivity contribution is -0.138. The Morgan fingerprint density at radius 1 is 1.33 bits per heavy atom. The molecular weight excluding hydrogens is 247 g/mol. The largest absolute Gasteiger partial charge is 0.481 e. The quantitative estimate of drug-likeness (QED) is 0.856. The second-order valence-electron chi connectivity index (χ2n) is 4.02. The van der Waals surface area contributed by atoms with E-state index in [0.29, 0.717) is 11.1 Å². The number of benzene rings is 1. The molecule has 2 N–H and O–H groups in total. The molecule has 0 aliphatic carbocycles. The summed E-state index contributed by atoms with van der Waals surface area (Å²) in [6, 6.07) is 6.48. The molecule has 1 rings (SSSR count). The normalized spacial score (nSPS) is 13.3. The molecular formula is C12H14F3NO2. The van der Waals surface area contributed by atoms with Gasteiger partial charge in [-0.15, -0.1) is 0 Å². The fourth-order valence-corrected chi connectivity index (χ4v) is 1.42. The minimum Gasteiger partial charge on any atom is -0.481 e. The van der Waals surface area contributed by atoms with E-state index < -0.39 is 24.6 Å². The average Bonchev–Trinajstić information content (AvgIpc) is 2.27. The fraction of sp³-hybridized carbons (Fsp3) is 0.417. The highest BCUT2D eigenvalue weighted by molar-refractivity contribution is 5.75. The summed E-state index contributed by atoms with van der Waals surface area (Å²) in [7, 11) is 0. The summed E-state index contributed by atoms with van der Waals surface area (Å²) in [5, 5.41) is 11.1. The van der Waals surface area contributed by atoms with Crippen LogP contribution in [0.5, 0.6) is 0 Å². The first kappa shape index (κ1) is 14.5. The number of hydrogen-bond acceptors (Lipinski definition) is 2. The van der Waals surface area contributed by atoms with Crippen LogP contribution in [0.25, 0.3) is 0 Å². The average molecular weight is 261 g/mol.